The lowest BCUT2D eigenvalue weighted by atomic mass is 10.0. The van der Waals surface area contributed by atoms with E-state index in [0.717, 1.165) is 103 Å². The Kier molecular flexibility index (Phi) is 49.6. The minimum Gasteiger partial charge on any atom is -0.462 e. The molecule has 0 radical (unpaired) electrons. The Morgan fingerprint density at radius 1 is 0.381 bits per heavy atom. The largest absolute Gasteiger partial charge is 0.462 e. The molecule has 0 saturated heterocycles. The Hall–Kier alpha value is -3.70. The third-order valence-corrected chi connectivity index (χ3v) is 10.5. The molecule has 0 heterocycles. The number of hydrogen-bond donors (Lipinski definition) is 1. The molecule has 0 aromatic rings. The van der Waals surface area contributed by atoms with Crippen LogP contribution in [0.2, 0.25) is 0 Å². The van der Waals surface area contributed by atoms with Gasteiger partial charge in [-0.3, -0.25) is 9.59 Å². The molecule has 5 heteroatoms. The lowest BCUT2D eigenvalue weighted by Gasteiger charge is -2.15. The molecule has 1 unspecified atom stereocenters. The van der Waals surface area contributed by atoms with Crippen molar-refractivity contribution < 1.29 is 24.2 Å². The first kappa shape index (κ1) is 59.3. The molecular formula is C58H94O5. The van der Waals surface area contributed by atoms with Crippen LogP contribution in [-0.4, -0.2) is 36.4 Å². The number of allylic oxidation sites excluding steroid dienone is 20. The number of carbonyl (C=O) groups is 2. The van der Waals surface area contributed by atoms with E-state index in [2.05, 4.69) is 135 Å². The lowest BCUT2D eigenvalue weighted by molar-refractivity contribution is -0.161. The van der Waals surface area contributed by atoms with Crippen molar-refractivity contribution in [2.24, 2.45) is 0 Å². The Balaban J connectivity index is 3.69. The number of carbonyl (C=O) groups excluding carboxylic acids is 2. The van der Waals surface area contributed by atoms with Crippen LogP contribution in [0.15, 0.2) is 122 Å². The van der Waals surface area contributed by atoms with Crippen molar-refractivity contribution in [2.75, 3.05) is 13.2 Å². The summed E-state index contributed by atoms with van der Waals surface area (Å²) in [5.74, 6) is -0.646. The minimum atomic E-state index is -0.802. The maximum atomic E-state index is 12.2. The van der Waals surface area contributed by atoms with Crippen molar-refractivity contribution in [1.29, 1.82) is 0 Å². The number of ether oxygens (including phenoxy) is 2. The average Bonchev–Trinajstić information content (AvgIpc) is 3.29. The molecule has 1 N–H and O–H groups in total. The van der Waals surface area contributed by atoms with Crippen LogP contribution in [0.25, 0.3) is 0 Å². The number of aliphatic hydroxyl groups is 1. The first-order chi connectivity index (χ1) is 31.1. The predicted octanol–water partition coefficient (Wildman–Crippen LogP) is 17.1. The minimum absolute atomic E-state index is 0.0885. The topological polar surface area (TPSA) is 72.8 Å². The molecule has 356 valence electrons. The van der Waals surface area contributed by atoms with Gasteiger partial charge in [0.15, 0.2) is 6.10 Å². The second-order valence-corrected chi connectivity index (χ2v) is 16.5. The van der Waals surface area contributed by atoms with Gasteiger partial charge in [-0.2, -0.15) is 0 Å². The van der Waals surface area contributed by atoms with Gasteiger partial charge in [0.25, 0.3) is 0 Å². The lowest BCUT2D eigenvalue weighted by Crippen LogP contribution is -2.28. The van der Waals surface area contributed by atoms with Gasteiger partial charge in [0, 0.05) is 12.8 Å². The van der Waals surface area contributed by atoms with Crippen LogP contribution in [0.5, 0.6) is 0 Å². The number of rotatable bonds is 45. The van der Waals surface area contributed by atoms with E-state index < -0.39 is 6.10 Å². The van der Waals surface area contributed by atoms with Crippen LogP contribution in [0, 0.1) is 0 Å². The molecule has 0 amide bonds. The molecule has 5 nitrogen and oxygen atoms in total. The zero-order valence-electron chi connectivity index (χ0n) is 40.5. The summed E-state index contributed by atoms with van der Waals surface area (Å²) in [7, 11) is 0. The van der Waals surface area contributed by atoms with Gasteiger partial charge in [-0.05, 0) is 89.9 Å². The van der Waals surface area contributed by atoms with Gasteiger partial charge < -0.3 is 14.6 Å². The first-order valence-corrected chi connectivity index (χ1v) is 25.6. The number of unbranched alkanes of at least 4 members (excludes halogenated alkanes) is 17. The van der Waals surface area contributed by atoms with Crippen molar-refractivity contribution in [2.45, 2.75) is 219 Å². The molecule has 1 atom stereocenters. The van der Waals surface area contributed by atoms with Gasteiger partial charge in [-0.1, -0.05) is 232 Å². The zero-order valence-corrected chi connectivity index (χ0v) is 40.5. The summed E-state index contributed by atoms with van der Waals surface area (Å²) in [5.41, 5.74) is 0. The summed E-state index contributed by atoms with van der Waals surface area (Å²) in [6.07, 6.45) is 77.2. The molecule has 0 aliphatic carbocycles. The molecule has 0 aromatic heterocycles. The summed E-state index contributed by atoms with van der Waals surface area (Å²) in [6, 6.07) is 0. The third-order valence-electron chi connectivity index (χ3n) is 10.5. The maximum Gasteiger partial charge on any atom is 0.306 e. The molecule has 0 bridgehead atoms. The monoisotopic (exact) mass is 871 g/mol. The van der Waals surface area contributed by atoms with E-state index in [4.69, 9.17) is 9.47 Å². The number of esters is 2. The van der Waals surface area contributed by atoms with Crippen LogP contribution >= 0.6 is 0 Å². The quantitative estimate of drug-likeness (QED) is 0.0375. The summed E-state index contributed by atoms with van der Waals surface area (Å²) < 4.78 is 10.6. The van der Waals surface area contributed by atoms with Gasteiger partial charge in [-0.15, -0.1) is 0 Å². The van der Waals surface area contributed by atoms with Crippen LogP contribution in [0.1, 0.15) is 213 Å². The highest BCUT2D eigenvalue weighted by atomic mass is 16.6. The molecular weight excluding hydrogens is 777 g/mol. The molecule has 0 aliphatic rings. The Morgan fingerprint density at radius 3 is 1.03 bits per heavy atom. The molecule has 0 rings (SSSR count). The van der Waals surface area contributed by atoms with Gasteiger partial charge in [0.1, 0.15) is 6.61 Å². The standard InChI is InChI=1S/C58H94O5/c1-3-5-7-9-11-13-15-17-19-21-22-23-24-25-26-27-28-29-30-31-32-33-34-35-36-37-39-41-43-45-47-49-51-53-58(61)63-56(54-59)55-62-57(60)52-50-48-46-44-42-40-38-20-18-16-14-12-10-8-6-4-2/h5,7,11,13,17,19,22-23,25-26,28-29,31-32,34-35,37,39,43,45,56,59H,3-4,6,8-10,12,14-16,18,20-21,24,27,30,33,36,38,40-42,44,46-55H2,1-2H3/b7-5-,13-11-,19-17-,23-22-,26-25-,29-28-,32-31-,35-34-,39-37-,45-43-. The summed E-state index contributed by atoms with van der Waals surface area (Å²) in [5, 5.41) is 9.61. The van der Waals surface area contributed by atoms with E-state index in [1.165, 1.54) is 83.5 Å². The summed E-state index contributed by atoms with van der Waals surface area (Å²) in [4.78, 5) is 24.4. The molecule has 0 fully saturated rings. The van der Waals surface area contributed by atoms with Gasteiger partial charge in [-0.25, -0.2) is 0 Å². The second kappa shape index (κ2) is 52.6. The fourth-order valence-electron chi connectivity index (χ4n) is 6.70. The Bertz CT molecular complexity index is 1310. The third kappa shape index (κ3) is 50.8. The smallest absolute Gasteiger partial charge is 0.306 e. The number of aliphatic hydroxyl groups excluding tert-OH is 1. The Labute approximate surface area is 388 Å². The van der Waals surface area contributed by atoms with Gasteiger partial charge in [0.05, 0.1) is 6.61 Å². The molecule has 63 heavy (non-hydrogen) atoms. The van der Waals surface area contributed by atoms with Gasteiger partial charge in [0.2, 0.25) is 0 Å². The summed E-state index contributed by atoms with van der Waals surface area (Å²) >= 11 is 0. The van der Waals surface area contributed by atoms with Crippen LogP contribution < -0.4 is 0 Å². The molecule has 0 saturated carbocycles. The van der Waals surface area contributed by atoms with Crippen molar-refractivity contribution in [3.05, 3.63) is 122 Å². The van der Waals surface area contributed by atoms with E-state index in [1.54, 1.807) is 0 Å². The van der Waals surface area contributed by atoms with E-state index in [0.29, 0.717) is 12.8 Å². The average molecular weight is 871 g/mol. The van der Waals surface area contributed by atoms with Crippen LogP contribution in [-0.2, 0) is 19.1 Å². The van der Waals surface area contributed by atoms with Gasteiger partial charge >= 0.3 is 11.9 Å². The van der Waals surface area contributed by atoms with E-state index in [1.807, 2.05) is 0 Å². The fraction of sp³-hybridized carbons (Fsp3) is 0.621. The predicted molar refractivity (Wildman–Crippen MR) is 274 cm³/mol. The normalized spacial score (nSPS) is 13.3. The first-order valence-electron chi connectivity index (χ1n) is 25.6. The summed E-state index contributed by atoms with van der Waals surface area (Å²) in [6.45, 7) is 3.99. The van der Waals surface area contributed by atoms with Crippen molar-refractivity contribution in [1.82, 2.24) is 0 Å². The highest BCUT2D eigenvalue weighted by molar-refractivity contribution is 5.70. The van der Waals surface area contributed by atoms with Crippen molar-refractivity contribution in [3.63, 3.8) is 0 Å². The number of hydrogen-bond acceptors (Lipinski definition) is 5. The van der Waals surface area contributed by atoms with E-state index in [9.17, 15) is 14.7 Å². The SMILES string of the molecule is CC/C=C\C/C=C\C/C=C\C/C=C\C/C=C\C/C=C\C/C=C\C/C=C\C/C=C\C/C=C\CCCCC(=O)OC(CO)COC(=O)CCCCCCCCCCCCCCCCCC. The van der Waals surface area contributed by atoms with Crippen LogP contribution in [0.3, 0.4) is 0 Å². The Morgan fingerprint density at radius 2 is 0.683 bits per heavy atom. The second-order valence-electron chi connectivity index (χ2n) is 16.5. The highest BCUT2D eigenvalue weighted by Gasteiger charge is 2.16. The molecule has 0 aliphatic heterocycles. The molecule has 0 spiro atoms. The molecule has 0 aromatic carbocycles. The van der Waals surface area contributed by atoms with Crippen LogP contribution in [0.4, 0.5) is 0 Å². The zero-order chi connectivity index (χ0) is 45.6. The maximum absolute atomic E-state index is 12.2. The fourth-order valence-corrected chi connectivity index (χ4v) is 6.70. The van der Waals surface area contributed by atoms with E-state index >= 15 is 0 Å². The van der Waals surface area contributed by atoms with E-state index in [-0.39, 0.29) is 25.2 Å². The van der Waals surface area contributed by atoms with Crippen molar-refractivity contribution >= 4 is 11.9 Å². The van der Waals surface area contributed by atoms with Crippen molar-refractivity contribution in [3.8, 4) is 0 Å². The highest BCUT2D eigenvalue weighted by Crippen LogP contribution is 2.14.